The van der Waals surface area contributed by atoms with Gasteiger partial charge in [-0.15, -0.1) is 5.10 Å². The minimum atomic E-state index is -3.18. The van der Waals surface area contributed by atoms with Gasteiger partial charge in [-0.25, -0.2) is 27.1 Å². The topological polar surface area (TPSA) is 77.7 Å². The lowest BCUT2D eigenvalue weighted by Crippen LogP contribution is -2.32. The number of alkyl halides is 2. The number of thiocarbonyl (C=S) groups is 1. The molecule has 1 aliphatic heterocycles. The largest absolute Gasteiger partial charge is 0.391 e. The van der Waals surface area contributed by atoms with E-state index in [-0.39, 0.29) is 33.9 Å². The molecule has 0 amide bonds. The van der Waals surface area contributed by atoms with E-state index in [2.05, 4.69) is 20.7 Å². The van der Waals surface area contributed by atoms with E-state index in [0.29, 0.717) is 6.42 Å². The number of nitrogens with zero attached hydrogens (tertiary/aromatic N) is 4. The van der Waals surface area contributed by atoms with Crippen molar-refractivity contribution in [2.24, 2.45) is 0 Å². The summed E-state index contributed by atoms with van der Waals surface area (Å²) in [6.07, 6.45) is 0.544. The molecule has 7 nitrogen and oxygen atoms in total. The van der Waals surface area contributed by atoms with Crippen molar-refractivity contribution in [3.05, 3.63) is 53.6 Å². The SMILES string of the molecule is O[C@@H]1C[C@H]1NC(=S)Nc1c(F)nn2ccc(N3CC(F)(F)CC3c3cc(F)ccc3F)nc12. The molecule has 3 N–H and O–H groups in total. The highest BCUT2D eigenvalue weighted by atomic mass is 32.1. The molecule has 1 saturated carbocycles. The van der Waals surface area contributed by atoms with Crippen LogP contribution in [0.3, 0.4) is 0 Å². The normalized spacial score (nSPS) is 23.7. The van der Waals surface area contributed by atoms with Gasteiger partial charge in [0.2, 0.25) is 0 Å². The fraction of sp³-hybridized carbons (Fsp3) is 0.350. The van der Waals surface area contributed by atoms with E-state index in [9.17, 15) is 27.1 Å². The second-order valence-corrected chi connectivity index (χ2v) is 8.51. The number of aromatic nitrogens is 3. The van der Waals surface area contributed by atoms with Crippen LogP contribution in [0.1, 0.15) is 24.4 Å². The predicted molar refractivity (Wildman–Crippen MR) is 113 cm³/mol. The molecule has 3 heterocycles. The Balaban J connectivity index is 1.50. The van der Waals surface area contributed by atoms with Crippen LogP contribution < -0.4 is 15.5 Å². The van der Waals surface area contributed by atoms with Gasteiger partial charge in [0.1, 0.15) is 23.1 Å². The smallest absolute Gasteiger partial charge is 0.267 e. The minimum Gasteiger partial charge on any atom is -0.391 e. The lowest BCUT2D eigenvalue weighted by Gasteiger charge is -2.25. The third-order valence-corrected chi connectivity index (χ3v) is 5.84. The van der Waals surface area contributed by atoms with Crippen molar-refractivity contribution in [2.45, 2.75) is 37.0 Å². The van der Waals surface area contributed by atoms with Gasteiger partial charge < -0.3 is 20.6 Å². The number of rotatable bonds is 4. The quantitative estimate of drug-likeness (QED) is 0.388. The first kappa shape index (κ1) is 21.8. The van der Waals surface area contributed by atoms with Gasteiger partial charge in [-0.3, -0.25) is 0 Å². The highest BCUT2D eigenvalue weighted by Crippen LogP contribution is 2.44. The van der Waals surface area contributed by atoms with Crippen LogP contribution in [0.2, 0.25) is 0 Å². The van der Waals surface area contributed by atoms with Crippen LogP contribution in [0.4, 0.5) is 33.5 Å². The first-order valence-corrected chi connectivity index (χ1v) is 10.4. The predicted octanol–water partition coefficient (Wildman–Crippen LogP) is 3.15. The number of aliphatic hydroxyl groups is 1. The van der Waals surface area contributed by atoms with E-state index in [1.165, 1.54) is 12.3 Å². The van der Waals surface area contributed by atoms with Crippen LogP contribution in [-0.2, 0) is 0 Å². The molecule has 2 fully saturated rings. The summed E-state index contributed by atoms with van der Waals surface area (Å²) >= 11 is 5.12. The van der Waals surface area contributed by atoms with E-state index in [0.717, 1.165) is 27.6 Å². The summed E-state index contributed by atoms with van der Waals surface area (Å²) in [4.78, 5) is 5.43. The van der Waals surface area contributed by atoms with Crippen LogP contribution in [-0.4, -0.2) is 49.4 Å². The van der Waals surface area contributed by atoms with E-state index in [1.54, 1.807) is 0 Å². The maximum absolute atomic E-state index is 14.5. The standard InChI is InChI=1S/C20H17F5N6OS/c21-9-1-2-11(22)10(5-9)13-7-20(24,25)8-30(13)15-3-4-31-18(27-15)16(17(23)29-31)28-19(33)26-12-6-14(12)32/h1-5,12-14,32H,6-8H2,(H2,26,28,33)/t12-,13?,14-/m1/s1. The van der Waals surface area contributed by atoms with Crippen molar-refractivity contribution in [1.29, 1.82) is 0 Å². The van der Waals surface area contributed by atoms with Crippen LogP contribution in [0, 0.1) is 17.6 Å². The van der Waals surface area contributed by atoms with E-state index >= 15 is 0 Å². The molecular weight excluding hydrogens is 467 g/mol. The summed E-state index contributed by atoms with van der Waals surface area (Å²) in [5, 5.41) is 18.6. The molecular formula is C20H17F5N6OS. The highest BCUT2D eigenvalue weighted by molar-refractivity contribution is 7.80. The van der Waals surface area contributed by atoms with Gasteiger partial charge in [0.15, 0.2) is 10.8 Å². The Hall–Kier alpha value is -3.06. The molecule has 1 aromatic carbocycles. The number of nitrogens with one attached hydrogen (secondary N) is 2. The lowest BCUT2D eigenvalue weighted by atomic mass is 10.0. The Morgan fingerprint density at radius 1 is 1.21 bits per heavy atom. The van der Waals surface area contributed by atoms with Crippen LogP contribution in [0.25, 0.3) is 5.65 Å². The summed E-state index contributed by atoms with van der Waals surface area (Å²) < 4.78 is 72.4. The summed E-state index contributed by atoms with van der Waals surface area (Å²) in [5.41, 5.74) is -0.455. The number of fused-ring (bicyclic) bond motifs is 1. The van der Waals surface area contributed by atoms with Crippen molar-refractivity contribution < 1.29 is 27.1 Å². The van der Waals surface area contributed by atoms with Gasteiger partial charge >= 0.3 is 0 Å². The molecule has 0 radical (unpaired) electrons. The minimum absolute atomic E-state index is 0.00720. The Labute approximate surface area is 189 Å². The van der Waals surface area contributed by atoms with Crippen LogP contribution in [0.15, 0.2) is 30.5 Å². The third-order valence-electron chi connectivity index (χ3n) is 5.62. The van der Waals surface area contributed by atoms with Gasteiger partial charge in [-0.1, -0.05) is 0 Å². The van der Waals surface area contributed by atoms with Gasteiger partial charge in [0.05, 0.1) is 24.7 Å². The molecule has 0 spiro atoms. The average molecular weight is 484 g/mol. The maximum atomic E-state index is 14.5. The number of anilines is 2. The number of halogens is 5. The zero-order valence-electron chi connectivity index (χ0n) is 16.8. The molecule has 3 atom stereocenters. The molecule has 0 bridgehead atoms. The highest BCUT2D eigenvalue weighted by Gasteiger charge is 2.47. The van der Waals surface area contributed by atoms with Crippen molar-refractivity contribution >= 4 is 34.5 Å². The second kappa shape index (κ2) is 7.76. The zero-order chi connectivity index (χ0) is 23.5. The number of benzene rings is 1. The van der Waals surface area contributed by atoms with E-state index in [4.69, 9.17) is 12.2 Å². The molecule has 2 aliphatic rings. The summed E-state index contributed by atoms with van der Waals surface area (Å²) in [6, 6.07) is 2.59. The Morgan fingerprint density at radius 3 is 2.70 bits per heavy atom. The van der Waals surface area contributed by atoms with E-state index < -0.39 is 48.6 Å². The average Bonchev–Trinajstić information content (AvgIpc) is 3.20. The van der Waals surface area contributed by atoms with Crippen molar-refractivity contribution in [3.63, 3.8) is 0 Å². The van der Waals surface area contributed by atoms with Gasteiger partial charge in [0.25, 0.3) is 11.9 Å². The molecule has 174 valence electrons. The summed E-state index contributed by atoms with van der Waals surface area (Å²) in [7, 11) is 0. The number of hydrogen-bond donors (Lipinski definition) is 3. The first-order chi connectivity index (χ1) is 15.6. The van der Waals surface area contributed by atoms with Crippen molar-refractivity contribution in [3.8, 4) is 0 Å². The van der Waals surface area contributed by atoms with Crippen LogP contribution >= 0.6 is 12.2 Å². The van der Waals surface area contributed by atoms with Gasteiger partial charge in [-0.2, -0.15) is 4.39 Å². The van der Waals surface area contributed by atoms with E-state index in [1.807, 2.05) is 0 Å². The molecule has 13 heteroatoms. The monoisotopic (exact) mass is 484 g/mol. The molecule has 5 rings (SSSR count). The molecule has 2 aromatic heterocycles. The third kappa shape index (κ3) is 4.17. The molecule has 33 heavy (non-hydrogen) atoms. The summed E-state index contributed by atoms with van der Waals surface area (Å²) in [6.45, 7) is -0.782. The Kier molecular flexibility index (Phi) is 5.12. The zero-order valence-corrected chi connectivity index (χ0v) is 17.6. The van der Waals surface area contributed by atoms with Crippen molar-refractivity contribution in [1.82, 2.24) is 19.9 Å². The Bertz CT molecular complexity index is 1250. The fourth-order valence-corrected chi connectivity index (χ4v) is 4.17. The van der Waals surface area contributed by atoms with Gasteiger partial charge in [-0.05, 0) is 42.9 Å². The van der Waals surface area contributed by atoms with Crippen molar-refractivity contribution in [2.75, 3.05) is 16.8 Å². The lowest BCUT2D eigenvalue weighted by molar-refractivity contribution is 0.0221. The number of hydrogen-bond acceptors (Lipinski definition) is 5. The second-order valence-electron chi connectivity index (χ2n) is 8.10. The maximum Gasteiger partial charge on any atom is 0.267 e. The number of aliphatic hydroxyl groups excluding tert-OH is 1. The molecule has 1 unspecified atom stereocenters. The van der Waals surface area contributed by atoms with Gasteiger partial charge in [0, 0.05) is 18.2 Å². The summed E-state index contributed by atoms with van der Waals surface area (Å²) in [5.74, 6) is -5.68. The van der Waals surface area contributed by atoms with Crippen LogP contribution in [0.5, 0.6) is 0 Å². The Morgan fingerprint density at radius 2 is 1.97 bits per heavy atom. The first-order valence-electron chi connectivity index (χ1n) is 10.0. The fourth-order valence-electron chi connectivity index (χ4n) is 3.92. The molecule has 1 saturated heterocycles. The molecule has 1 aliphatic carbocycles. The molecule has 3 aromatic rings.